The number of rotatable bonds is 6. The van der Waals surface area contributed by atoms with Crippen molar-refractivity contribution in [2.75, 3.05) is 14.2 Å². The maximum atomic E-state index is 12.5. The normalized spacial score (nSPS) is 12.3. The van der Waals surface area contributed by atoms with E-state index in [2.05, 4.69) is 18.9 Å². The summed E-state index contributed by atoms with van der Waals surface area (Å²) in [6.45, 7) is 4.54. The number of aliphatic hydroxyl groups is 1. The summed E-state index contributed by atoms with van der Waals surface area (Å²) in [5.41, 5.74) is 2.47. The molecule has 1 atom stereocenters. The molecule has 0 spiro atoms. The third kappa shape index (κ3) is 3.94. The minimum atomic E-state index is -1.22. The number of carbonyl (C=O) groups excluding carboxylic acids is 1. The molecule has 2 aromatic rings. The fraction of sp³-hybridized carbons (Fsp3) is 0.444. The first-order valence-corrected chi connectivity index (χ1v) is 7.93. The van der Waals surface area contributed by atoms with Crippen LogP contribution in [0.15, 0.2) is 30.5 Å². The number of aryl methyl sites for hydroxylation is 1. The molecule has 6 heteroatoms. The Bertz CT molecular complexity index is 709. The van der Waals surface area contributed by atoms with Crippen LogP contribution in [0.5, 0.6) is 5.75 Å². The summed E-state index contributed by atoms with van der Waals surface area (Å²) in [5, 5.41) is 14.8. The molecule has 1 amide bonds. The molecule has 1 aromatic carbocycles. The van der Waals surface area contributed by atoms with E-state index in [1.807, 2.05) is 13.2 Å². The van der Waals surface area contributed by atoms with Gasteiger partial charge in [0.25, 0.3) is 5.91 Å². The Hall–Kier alpha value is -2.34. The number of methoxy groups -OCH3 is 1. The van der Waals surface area contributed by atoms with Crippen molar-refractivity contribution in [1.29, 1.82) is 0 Å². The quantitative estimate of drug-likeness (QED) is 0.881. The van der Waals surface area contributed by atoms with Gasteiger partial charge in [0.15, 0.2) is 6.10 Å². The lowest BCUT2D eigenvalue weighted by molar-refractivity contribution is -0.139. The number of ether oxygens (including phenoxy) is 1. The molecule has 0 aliphatic carbocycles. The van der Waals surface area contributed by atoms with Gasteiger partial charge in [0.2, 0.25) is 0 Å². The summed E-state index contributed by atoms with van der Waals surface area (Å²) >= 11 is 0. The Kier molecular flexibility index (Phi) is 5.62. The average Bonchev–Trinajstić information content (AvgIpc) is 2.94. The lowest BCUT2D eigenvalue weighted by Gasteiger charge is -2.21. The summed E-state index contributed by atoms with van der Waals surface area (Å²) in [6.07, 6.45) is 0.695. The fourth-order valence-corrected chi connectivity index (χ4v) is 2.66. The van der Waals surface area contributed by atoms with E-state index >= 15 is 0 Å². The highest BCUT2D eigenvalue weighted by molar-refractivity contribution is 5.82. The predicted octanol–water partition coefficient (Wildman–Crippen LogP) is 2.24. The van der Waals surface area contributed by atoms with E-state index in [9.17, 15) is 9.90 Å². The monoisotopic (exact) mass is 331 g/mol. The molecule has 0 saturated heterocycles. The first kappa shape index (κ1) is 18.0. The number of benzene rings is 1. The molecule has 0 aliphatic heterocycles. The topological polar surface area (TPSA) is 67.6 Å². The molecule has 1 heterocycles. The molecule has 130 valence electrons. The van der Waals surface area contributed by atoms with Crippen molar-refractivity contribution in [2.24, 2.45) is 7.05 Å². The third-order valence-electron chi connectivity index (χ3n) is 3.91. The molecule has 2 rings (SSSR count). The molecule has 0 saturated carbocycles. The van der Waals surface area contributed by atoms with Crippen LogP contribution in [0.1, 0.15) is 42.7 Å². The van der Waals surface area contributed by atoms with Gasteiger partial charge in [0.05, 0.1) is 12.8 Å². The summed E-state index contributed by atoms with van der Waals surface area (Å²) in [7, 11) is 5.10. The second-order valence-electron chi connectivity index (χ2n) is 6.24. The molecule has 6 nitrogen and oxygen atoms in total. The predicted molar refractivity (Wildman–Crippen MR) is 91.7 cm³/mol. The second kappa shape index (κ2) is 7.49. The Balaban J connectivity index is 2.14. The Morgan fingerprint density at radius 3 is 2.75 bits per heavy atom. The number of aliphatic hydroxyl groups excluding tert-OH is 1. The smallest absolute Gasteiger partial charge is 0.256 e. The second-order valence-corrected chi connectivity index (χ2v) is 6.24. The van der Waals surface area contributed by atoms with Crippen LogP contribution < -0.4 is 4.74 Å². The summed E-state index contributed by atoms with van der Waals surface area (Å²) in [4.78, 5) is 14.1. The number of aromatic nitrogens is 2. The van der Waals surface area contributed by atoms with E-state index in [1.54, 1.807) is 43.1 Å². The zero-order chi connectivity index (χ0) is 17.9. The SMILES string of the molecule is COc1cccc([C@@H](O)C(=O)N(C)Cc2cn(C)nc2C(C)C)c1. The number of nitrogens with zero attached hydrogens (tertiary/aromatic N) is 3. The third-order valence-corrected chi connectivity index (χ3v) is 3.91. The van der Waals surface area contributed by atoms with E-state index in [4.69, 9.17) is 4.74 Å². The van der Waals surface area contributed by atoms with Gasteiger partial charge in [0.1, 0.15) is 5.75 Å². The van der Waals surface area contributed by atoms with Gasteiger partial charge in [0, 0.05) is 32.4 Å². The van der Waals surface area contributed by atoms with Crippen molar-refractivity contribution in [1.82, 2.24) is 14.7 Å². The molecule has 1 aromatic heterocycles. The van der Waals surface area contributed by atoms with Crippen molar-refractivity contribution in [3.63, 3.8) is 0 Å². The zero-order valence-electron chi connectivity index (χ0n) is 14.9. The van der Waals surface area contributed by atoms with Crippen LogP contribution in [0.25, 0.3) is 0 Å². The number of amides is 1. The van der Waals surface area contributed by atoms with Crippen LogP contribution in [0.2, 0.25) is 0 Å². The standard InChI is InChI=1S/C18H25N3O3/c1-12(2)16-14(11-21(4)19-16)10-20(3)18(23)17(22)13-7-6-8-15(9-13)24-5/h6-9,11-12,17,22H,10H2,1-5H3/t17-/m1/s1. The van der Waals surface area contributed by atoms with Crippen LogP contribution in [-0.4, -0.2) is 39.9 Å². The van der Waals surface area contributed by atoms with Crippen LogP contribution in [0, 0.1) is 0 Å². The highest BCUT2D eigenvalue weighted by Crippen LogP contribution is 2.23. The van der Waals surface area contributed by atoms with E-state index in [-0.39, 0.29) is 11.8 Å². The Labute approximate surface area is 142 Å². The van der Waals surface area contributed by atoms with E-state index in [1.165, 1.54) is 4.90 Å². The minimum absolute atomic E-state index is 0.271. The van der Waals surface area contributed by atoms with Crippen molar-refractivity contribution >= 4 is 5.91 Å². The van der Waals surface area contributed by atoms with Gasteiger partial charge in [-0.3, -0.25) is 9.48 Å². The lowest BCUT2D eigenvalue weighted by atomic mass is 10.1. The molecule has 24 heavy (non-hydrogen) atoms. The van der Waals surface area contributed by atoms with Gasteiger partial charge in [-0.15, -0.1) is 0 Å². The first-order chi connectivity index (χ1) is 11.3. The highest BCUT2D eigenvalue weighted by atomic mass is 16.5. The fourth-order valence-electron chi connectivity index (χ4n) is 2.66. The van der Waals surface area contributed by atoms with Crippen LogP contribution in [-0.2, 0) is 18.4 Å². The highest BCUT2D eigenvalue weighted by Gasteiger charge is 2.23. The summed E-state index contributed by atoms with van der Waals surface area (Å²) in [6, 6.07) is 6.90. The van der Waals surface area contributed by atoms with Crippen LogP contribution in [0.4, 0.5) is 0 Å². The van der Waals surface area contributed by atoms with Crippen molar-refractivity contribution < 1.29 is 14.6 Å². The van der Waals surface area contributed by atoms with Gasteiger partial charge in [-0.05, 0) is 23.6 Å². The summed E-state index contributed by atoms with van der Waals surface area (Å²) < 4.78 is 6.89. The van der Waals surface area contributed by atoms with E-state index < -0.39 is 6.10 Å². The van der Waals surface area contributed by atoms with Gasteiger partial charge in [-0.2, -0.15) is 5.10 Å². The molecule has 1 N–H and O–H groups in total. The molecular weight excluding hydrogens is 306 g/mol. The van der Waals surface area contributed by atoms with Crippen molar-refractivity contribution in [2.45, 2.75) is 32.4 Å². The van der Waals surface area contributed by atoms with Gasteiger partial charge >= 0.3 is 0 Å². The Morgan fingerprint density at radius 2 is 2.12 bits per heavy atom. The molecule has 0 fully saturated rings. The molecule has 0 bridgehead atoms. The van der Waals surface area contributed by atoms with Crippen molar-refractivity contribution in [3.05, 3.63) is 47.3 Å². The van der Waals surface area contributed by atoms with E-state index in [0.717, 1.165) is 11.3 Å². The van der Waals surface area contributed by atoms with Crippen molar-refractivity contribution in [3.8, 4) is 5.75 Å². The Morgan fingerprint density at radius 1 is 1.42 bits per heavy atom. The average molecular weight is 331 g/mol. The number of carbonyl (C=O) groups is 1. The van der Waals surface area contributed by atoms with Gasteiger partial charge in [-0.25, -0.2) is 0 Å². The van der Waals surface area contributed by atoms with Gasteiger partial charge < -0.3 is 14.7 Å². The number of hydrogen-bond acceptors (Lipinski definition) is 4. The molecule has 0 unspecified atom stereocenters. The maximum Gasteiger partial charge on any atom is 0.256 e. The van der Waals surface area contributed by atoms with E-state index in [0.29, 0.717) is 17.9 Å². The zero-order valence-corrected chi connectivity index (χ0v) is 14.9. The molecule has 0 radical (unpaired) electrons. The number of hydrogen-bond donors (Lipinski definition) is 1. The maximum absolute atomic E-state index is 12.5. The number of likely N-dealkylation sites (N-methyl/N-ethyl adjacent to an activating group) is 1. The van der Waals surface area contributed by atoms with Gasteiger partial charge in [-0.1, -0.05) is 26.0 Å². The van der Waals surface area contributed by atoms with Crippen LogP contribution >= 0.6 is 0 Å². The first-order valence-electron chi connectivity index (χ1n) is 7.93. The molecule has 0 aliphatic rings. The largest absolute Gasteiger partial charge is 0.497 e. The molecular formula is C18H25N3O3. The lowest BCUT2D eigenvalue weighted by Crippen LogP contribution is -2.31. The van der Waals surface area contributed by atoms with Crippen LogP contribution in [0.3, 0.4) is 0 Å². The summed E-state index contributed by atoms with van der Waals surface area (Å²) in [5.74, 6) is 0.520. The minimum Gasteiger partial charge on any atom is -0.497 e.